The smallest absolute Gasteiger partial charge is 0.0986 e. The Morgan fingerprint density at radius 2 is 1.60 bits per heavy atom. The van der Waals surface area contributed by atoms with E-state index in [0.29, 0.717) is 5.92 Å². The number of amidine groups is 1. The molecule has 0 heterocycles. The predicted molar refractivity (Wildman–Crippen MR) is 64.3 cm³/mol. The van der Waals surface area contributed by atoms with E-state index in [4.69, 9.17) is 5.41 Å². The van der Waals surface area contributed by atoms with Crippen LogP contribution in [0.3, 0.4) is 0 Å². The summed E-state index contributed by atoms with van der Waals surface area (Å²) in [6.07, 6.45) is 10.8. The summed E-state index contributed by atoms with van der Waals surface area (Å²) in [5.74, 6) is 2.37. The zero-order valence-corrected chi connectivity index (χ0v) is 9.97. The molecule has 0 unspecified atom stereocenters. The Morgan fingerprint density at radius 3 is 2.20 bits per heavy atom. The summed E-state index contributed by atoms with van der Waals surface area (Å²) in [6.45, 7) is 1.13. The van der Waals surface area contributed by atoms with E-state index in [0.717, 1.165) is 18.3 Å². The summed E-state index contributed by atoms with van der Waals surface area (Å²) in [5, 5.41) is 8.18. The SMILES string of the molecule is CN(CC1CCCC1)C(=N)C1CCCC1. The van der Waals surface area contributed by atoms with Crippen LogP contribution in [0.5, 0.6) is 0 Å². The van der Waals surface area contributed by atoms with Crippen molar-refractivity contribution in [1.82, 2.24) is 4.90 Å². The highest BCUT2D eigenvalue weighted by molar-refractivity contribution is 5.81. The Labute approximate surface area is 93.6 Å². The van der Waals surface area contributed by atoms with Gasteiger partial charge in [0.05, 0.1) is 5.84 Å². The molecule has 0 aromatic heterocycles. The van der Waals surface area contributed by atoms with Crippen LogP contribution in [-0.2, 0) is 0 Å². The number of hydrogen-bond acceptors (Lipinski definition) is 1. The Balaban J connectivity index is 1.78. The van der Waals surface area contributed by atoms with Gasteiger partial charge in [-0.1, -0.05) is 25.7 Å². The molecule has 2 nitrogen and oxygen atoms in total. The average molecular weight is 208 g/mol. The summed E-state index contributed by atoms with van der Waals surface area (Å²) in [6, 6.07) is 0. The van der Waals surface area contributed by atoms with Crippen molar-refractivity contribution in [3.8, 4) is 0 Å². The van der Waals surface area contributed by atoms with E-state index >= 15 is 0 Å². The largest absolute Gasteiger partial charge is 0.363 e. The van der Waals surface area contributed by atoms with Crippen molar-refractivity contribution in [2.24, 2.45) is 11.8 Å². The molecule has 0 bridgehead atoms. The number of nitrogens with zero attached hydrogens (tertiary/aromatic N) is 1. The zero-order chi connectivity index (χ0) is 10.7. The zero-order valence-electron chi connectivity index (χ0n) is 9.97. The van der Waals surface area contributed by atoms with E-state index in [1.165, 1.54) is 51.4 Å². The summed E-state index contributed by atoms with van der Waals surface area (Å²) >= 11 is 0. The minimum atomic E-state index is 0.580. The molecule has 0 aromatic rings. The standard InChI is InChI=1S/C13H24N2/c1-15(10-11-6-2-3-7-11)13(14)12-8-4-5-9-12/h11-12,14H,2-10H2,1H3. The first-order valence-corrected chi connectivity index (χ1v) is 6.57. The van der Waals surface area contributed by atoms with Gasteiger partial charge in [0.25, 0.3) is 0 Å². The van der Waals surface area contributed by atoms with Crippen molar-refractivity contribution < 1.29 is 0 Å². The van der Waals surface area contributed by atoms with Crippen LogP contribution in [0.25, 0.3) is 0 Å². The van der Waals surface area contributed by atoms with E-state index in [9.17, 15) is 0 Å². The molecule has 2 saturated carbocycles. The topological polar surface area (TPSA) is 27.1 Å². The highest BCUT2D eigenvalue weighted by Crippen LogP contribution is 2.29. The number of nitrogens with one attached hydrogen (secondary N) is 1. The van der Waals surface area contributed by atoms with E-state index in [-0.39, 0.29) is 0 Å². The first kappa shape index (κ1) is 11.0. The molecule has 0 atom stereocenters. The Morgan fingerprint density at radius 1 is 1.07 bits per heavy atom. The van der Waals surface area contributed by atoms with Gasteiger partial charge >= 0.3 is 0 Å². The van der Waals surface area contributed by atoms with Gasteiger partial charge in [-0.15, -0.1) is 0 Å². The van der Waals surface area contributed by atoms with Crippen LogP contribution in [-0.4, -0.2) is 24.3 Å². The van der Waals surface area contributed by atoms with E-state index in [1.54, 1.807) is 0 Å². The molecule has 0 saturated heterocycles. The molecule has 0 aliphatic heterocycles. The second-order valence-corrected chi connectivity index (χ2v) is 5.40. The predicted octanol–water partition coefficient (Wildman–Crippen LogP) is 3.28. The molecule has 0 aromatic carbocycles. The molecule has 2 aliphatic carbocycles. The van der Waals surface area contributed by atoms with Crippen molar-refractivity contribution in [1.29, 1.82) is 5.41 Å². The lowest BCUT2D eigenvalue weighted by Gasteiger charge is -2.26. The van der Waals surface area contributed by atoms with E-state index < -0.39 is 0 Å². The van der Waals surface area contributed by atoms with Gasteiger partial charge < -0.3 is 4.90 Å². The third-order valence-corrected chi connectivity index (χ3v) is 4.16. The number of rotatable bonds is 3. The van der Waals surface area contributed by atoms with E-state index in [2.05, 4.69) is 11.9 Å². The molecule has 2 heteroatoms. The van der Waals surface area contributed by atoms with Crippen LogP contribution < -0.4 is 0 Å². The van der Waals surface area contributed by atoms with Crippen LogP contribution in [0.2, 0.25) is 0 Å². The average Bonchev–Trinajstić information content (AvgIpc) is 2.88. The Bertz CT molecular complexity index is 213. The minimum absolute atomic E-state index is 0.580. The lowest BCUT2D eigenvalue weighted by molar-refractivity contribution is 0.369. The van der Waals surface area contributed by atoms with Crippen molar-refractivity contribution >= 4 is 5.84 Å². The van der Waals surface area contributed by atoms with Gasteiger partial charge in [-0.2, -0.15) is 0 Å². The maximum atomic E-state index is 8.18. The van der Waals surface area contributed by atoms with Crippen LogP contribution in [0.1, 0.15) is 51.4 Å². The lowest BCUT2D eigenvalue weighted by Crippen LogP contribution is -2.34. The lowest BCUT2D eigenvalue weighted by atomic mass is 10.0. The van der Waals surface area contributed by atoms with Crippen LogP contribution in [0.4, 0.5) is 0 Å². The van der Waals surface area contributed by atoms with Crippen molar-refractivity contribution in [2.45, 2.75) is 51.4 Å². The van der Waals surface area contributed by atoms with Gasteiger partial charge in [-0.05, 0) is 31.6 Å². The second-order valence-electron chi connectivity index (χ2n) is 5.40. The normalized spacial score (nSPS) is 23.5. The fraction of sp³-hybridized carbons (Fsp3) is 0.923. The van der Waals surface area contributed by atoms with Gasteiger partial charge in [0.2, 0.25) is 0 Å². The minimum Gasteiger partial charge on any atom is -0.363 e. The quantitative estimate of drug-likeness (QED) is 0.559. The van der Waals surface area contributed by atoms with Gasteiger partial charge in [-0.25, -0.2) is 0 Å². The van der Waals surface area contributed by atoms with Crippen molar-refractivity contribution in [3.05, 3.63) is 0 Å². The summed E-state index contributed by atoms with van der Waals surface area (Å²) in [4.78, 5) is 2.23. The summed E-state index contributed by atoms with van der Waals surface area (Å²) < 4.78 is 0. The molecule has 15 heavy (non-hydrogen) atoms. The van der Waals surface area contributed by atoms with Gasteiger partial charge in [0, 0.05) is 19.5 Å². The maximum Gasteiger partial charge on any atom is 0.0986 e. The maximum absolute atomic E-state index is 8.18. The van der Waals surface area contributed by atoms with Gasteiger partial charge in [-0.3, -0.25) is 5.41 Å². The first-order valence-electron chi connectivity index (χ1n) is 6.57. The van der Waals surface area contributed by atoms with Crippen molar-refractivity contribution in [2.75, 3.05) is 13.6 Å². The summed E-state index contributed by atoms with van der Waals surface area (Å²) in [5.41, 5.74) is 0. The second kappa shape index (κ2) is 5.00. The molecule has 1 N–H and O–H groups in total. The Hall–Kier alpha value is -0.530. The van der Waals surface area contributed by atoms with Crippen molar-refractivity contribution in [3.63, 3.8) is 0 Å². The monoisotopic (exact) mass is 208 g/mol. The third kappa shape index (κ3) is 2.73. The van der Waals surface area contributed by atoms with E-state index in [1.807, 2.05) is 0 Å². The fourth-order valence-corrected chi connectivity index (χ4v) is 3.19. The molecule has 0 spiro atoms. The molecule has 86 valence electrons. The highest BCUT2D eigenvalue weighted by Gasteiger charge is 2.24. The van der Waals surface area contributed by atoms with Crippen LogP contribution in [0, 0.1) is 17.2 Å². The highest BCUT2D eigenvalue weighted by atomic mass is 15.1. The summed E-state index contributed by atoms with van der Waals surface area (Å²) in [7, 11) is 2.12. The van der Waals surface area contributed by atoms with Gasteiger partial charge in [0.1, 0.15) is 0 Å². The third-order valence-electron chi connectivity index (χ3n) is 4.16. The molecular formula is C13H24N2. The molecular weight excluding hydrogens is 184 g/mol. The molecule has 2 aliphatic rings. The fourth-order valence-electron chi connectivity index (χ4n) is 3.19. The van der Waals surface area contributed by atoms with Crippen LogP contribution >= 0.6 is 0 Å². The Kier molecular flexibility index (Phi) is 3.66. The molecule has 2 fully saturated rings. The molecule has 2 rings (SSSR count). The van der Waals surface area contributed by atoms with Crippen LogP contribution in [0.15, 0.2) is 0 Å². The number of hydrogen-bond donors (Lipinski definition) is 1. The molecule has 0 amide bonds. The molecule has 0 radical (unpaired) electrons. The first-order chi connectivity index (χ1) is 7.27. The van der Waals surface area contributed by atoms with Gasteiger partial charge in [0.15, 0.2) is 0 Å².